The predicted molar refractivity (Wildman–Crippen MR) is 92.0 cm³/mol. The van der Waals surface area contributed by atoms with Crippen molar-refractivity contribution in [2.45, 2.75) is 0 Å². The minimum atomic E-state index is -0.492. The Bertz CT molecular complexity index is 864. The first-order valence-corrected chi connectivity index (χ1v) is 8.04. The van der Waals surface area contributed by atoms with Gasteiger partial charge in [0.25, 0.3) is 11.1 Å². The van der Waals surface area contributed by atoms with E-state index in [1.807, 2.05) is 0 Å². The van der Waals surface area contributed by atoms with E-state index in [1.165, 1.54) is 12.1 Å². The summed E-state index contributed by atoms with van der Waals surface area (Å²) in [6.45, 7) is 0. The van der Waals surface area contributed by atoms with Crippen LogP contribution in [0.1, 0.15) is 15.9 Å². The van der Waals surface area contributed by atoms with Crippen molar-refractivity contribution in [3.63, 3.8) is 0 Å². The maximum atomic E-state index is 12.0. The van der Waals surface area contributed by atoms with E-state index in [-0.39, 0.29) is 10.7 Å². The Morgan fingerprint density at radius 3 is 2.50 bits per heavy atom. The SMILES string of the molecule is O=C1NC(=O)/C(=C/c2ccc(OC(=O)c3ccccc3)cc2Cl)S1. The van der Waals surface area contributed by atoms with Crippen molar-refractivity contribution in [1.29, 1.82) is 0 Å². The van der Waals surface area contributed by atoms with Gasteiger partial charge >= 0.3 is 5.97 Å². The second-order valence-corrected chi connectivity index (χ2v) is 6.21. The highest BCUT2D eigenvalue weighted by atomic mass is 35.5. The van der Waals surface area contributed by atoms with E-state index >= 15 is 0 Å². The normalized spacial score (nSPS) is 15.5. The number of benzene rings is 2. The number of imide groups is 1. The molecule has 3 rings (SSSR count). The second kappa shape index (κ2) is 6.90. The lowest BCUT2D eigenvalue weighted by molar-refractivity contribution is -0.115. The highest BCUT2D eigenvalue weighted by molar-refractivity contribution is 8.18. The minimum absolute atomic E-state index is 0.260. The molecule has 1 heterocycles. The van der Waals surface area contributed by atoms with Crippen molar-refractivity contribution in [3.05, 3.63) is 69.6 Å². The van der Waals surface area contributed by atoms with Crippen LogP contribution in [0.15, 0.2) is 53.4 Å². The maximum absolute atomic E-state index is 12.0. The Morgan fingerprint density at radius 1 is 1.12 bits per heavy atom. The summed E-state index contributed by atoms with van der Waals surface area (Å²) < 4.78 is 5.26. The summed E-state index contributed by atoms with van der Waals surface area (Å²) in [5.74, 6) is -0.662. The first-order chi connectivity index (χ1) is 11.5. The Hall–Kier alpha value is -2.57. The fourth-order valence-electron chi connectivity index (χ4n) is 1.99. The van der Waals surface area contributed by atoms with Gasteiger partial charge in [0.1, 0.15) is 5.75 Å². The molecule has 0 spiro atoms. The van der Waals surface area contributed by atoms with Crippen LogP contribution in [0.5, 0.6) is 5.75 Å². The lowest BCUT2D eigenvalue weighted by Crippen LogP contribution is -2.17. The van der Waals surface area contributed by atoms with Crippen molar-refractivity contribution in [3.8, 4) is 5.75 Å². The molecule has 1 aliphatic heterocycles. The molecule has 1 fully saturated rings. The topological polar surface area (TPSA) is 72.5 Å². The zero-order valence-electron chi connectivity index (χ0n) is 12.1. The predicted octanol–water partition coefficient (Wildman–Crippen LogP) is 3.88. The largest absolute Gasteiger partial charge is 0.423 e. The number of ether oxygens (including phenoxy) is 1. The standard InChI is InChI=1S/C17H10ClNO4S/c18-13-9-12(23-16(21)10-4-2-1-3-5-10)7-6-11(13)8-14-15(20)19-17(22)24-14/h1-9H,(H,19,20,22)/b14-8-. The zero-order chi connectivity index (χ0) is 17.1. The maximum Gasteiger partial charge on any atom is 0.343 e. The number of amides is 2. The van der Waals surface area contributed by atoms with E-state index in [0.29, 0.717) is 16.1 Å². The molecule has 0 atom stereocenters. The number of carbonyl (C=O) groups excluding carboxylic acids is 3. The smallest absolute Gasteiger partial charge is 0.343 e. The highest BCUT2D eigenvalue weighted by Gasteiger charge is 2.25. The Labute approximate surface area is 146 Å². The quantitative estimate of drug-likeness (QED) is 0.511. The Morgan fingerprint density at radius 2 is 1.88 bits per heavy atom. The summed E-state index contributed by atoms with van der Waals surface area (Å²) in [5, 5.41) is 2.05. The van der Waals surface area contributed by atoms with E-state index in [2.05, 4.69) is 5.32 Å². The van der Waals surface area contributed by atoms with Gasteiger partial charge in [0.05, 0.1) is 15.5 Å². The third-order valence-electron chi connectivity index (χ3n) is 3.12. The van der Waals surface area contributed by atoms with Gasteiger partial charge in [-0.05, 0) is 47.7 Å². The molecule has 1 saturated heterocycles. The van der Waals surface area contributed by atoms with Gasteiger partial charge in [-0.2, -0.15) is 0 Å². The first-order valence-electron chi connectivity index (χ1n) is 6.84. The molecule has 0 bridgehead atoms. The van der Waals surface area contributed by atoms with Gasteiger partial charge in [-0.25, -0.2) is 4.79 Å². The van der Waals surface area contributed by atoms with Crippen molar-refractivity contribution in [2.75, 3.05) is 0 Å². The summed E-state index contributed by atoms with van der Waals surface area (Å²) in [5.41, 5.74) is 0.973. The van der Waals surface area contributed by atoms with Crippen LogP contribution < -0.4 is 10.1 Å². The number of esters is 1. The van der Waals surface area contributed by atoms with Crippen LogP contribution in [0.25, 0.3) is 6.08 Å². The van der Waals surface area contributed by atoms with E-state index in [4.69, 9.17) is 16.3 Å². The van der Waals surface area contributed by atoms with Crippen LogP contribution in [-0.2, 0) is 4.79 Å². The molecule has 1 N–H and O–H groups in total. The van der Waals surface area contributed by atoms with Gasteiger partial charge in [0, 0.05) is 6.07 Å². The molecule has 0 unspecified atom stereocenters. The third-order valence-corrected chi connectivity index (χ3v) is 4.26. The number of hydrogen-bond acceptors (Lipinski definition) is 5. The van der Waals surface area contributed by atoms with Gasteiger partial charge in [0.15, 0.2) is 0 Å². The molecule has 2 aromatic carbocycles. The molecular weight excluding hydrogens is 350 g/mol. The van der Waals surface area contributed by atoms with Gasteiger partial charge in [-0.15, -0.1) is 0 Å². The molecule has 0 saturated carbocycles. The van der Waals surface area contributed by atoms with E-state index in [9.17, 15) is 14.4 Å². The van der Waals surface area contributed by atoms with Crippen LogP contribution in [0.3, 0.4) is 0 Å². The van der Waals surface area contributed by atoms with Gasteiger partial charge in [-0.3, -0.25) is 14.9 Å². The number of hydrogen-bond donors (Lipinski definition) is 1. The summed E-state index contributed by atoms with van der Waals surface area (Å²) in [7, 11) is 0. The minimum Gasteiger partial charge on any atom is -0.423 e. The average molecular weight is 360 g/mol. The third kappa shape index (κ3) is 3.67. The van der Waals surface area contributed by atoms with E-state index in [0.717, 1.165) is 11.8 Å². The number of halogens is 1. The molecule has 24 heavy (non-hydrogen) atoms. The molecule has 0 aliphatic carbocycles. The van der Waals surface area contributed by atoms with Crippen LogP contribution in [0.4, 0.5) is 4.79 Å². The fraction of sp³-hybridized carbons (Fsp3) is 0. The van der Waals surface area contributed by atoms with Crippen molar-refractivity contribution in [1.82, 2.24) is 5.32 Å². The van der Waals surface area contributed by atoms with E-state index < -0.39 is 17.1 Å². The molecule has 0 aromatic heterocycles. The number of thioether (sulfide) groups is 1. The summed E-state index contributed by atoms with van der Waals surface area (Å²) in [6.07, 6.45) is 1.51. The summed E-state index contributed by atoms with van der Waals surface area (Å²) in [4.78, 5) is 34.9. The molecule has 0 radical (unpaired) electrons. The van der Waals surface area contributed by atoms with Crippen LogP contribution in [0.2, 0.25) is 5.02 Å². The lowest BCUT2D eigenvalue weighted by atomic mass is 10.2. The molecule has 1 aliphatic rings. The average Bonchev–Trinajstić information content (AvgIpc) is 2.88. The second-order valence-electron chi connectivity index (χ2n) is 4.79. The van der Waals surface area contributed by atoms with Crippen LogP contribution in [0, 0.1) is 0 Å². The molecule has 5 nitrogen and oxygen atoms in total. The summed E-state index contributed by atoms with van der Waals surface area (Å²) in [6, 6.07) is 13.2. The first kappa shape index (κ1) is 16.3. The van der Waals surface area contributed by atoms with Crippen molar-refractivity contribution < 1.29 is 19.1 Å². The number of carbonyl (C=O) groups is 3. The van der Waals surface area contributed by atoms with Gasteiger partial charge in [-0.1, -0.05) is 29.8 Å². The molecular formula is C17H10ClNO4S. The van der Waals surface area contributed by atoms with E-state index in [1.54, 1.807) is 42.5 Å². The van der Waals surface area contributed by atoms with Crippen LogP contribution >= 0.6 is 23.4 Å². The fourth-order valence-corrected chi connectivity index (χ4v) is 2.89. The van der Waals surface area contributed by atoms with Crippen LogP contribution in [-0.4, -0.2) is 17.1 Å². The highest BCUT2D eigenvalue weighted by Crippen LogP contribution is 2.30. The molecule has 120 valence electrons. The van der Waals surface area contributed by atoms with Gasteiger partial charge < -0.3 is 4.74 Å². The summed E-state index contributed by atoms with van der Waals surface area (Å²) >= 11 is 6.97. The zero-order valence-corrected chi connectivity index (χ0v) is 13.7. The number of rotatable bonds is 3. The van der Waals surface area contributed by atoms with Crippen molar-refractivity contribution >= 4 is 46.6 Å². The molecule has 7 heteroatoms. The monoisotopic (exact) mass is 359 g/mol. The van der Waals surface area contributed by atoms with Crippen molar-refractivity contribution in [2.24, 2.45) is 0 Å². The molecule has 2 amide bonds. The van der Waals surface area contributed by atoms with Gasteiger partial charge in [0.2, 0.25) is 0 Å². The molecule has 2 aromatic rings. The Balaban J connectivity index is 1.78. The number of nitrogens with one attached hydrogen (secondary N) is 1. The lowest BCUT2D eigenvalue weighted by Gasteiger charge is -2.06. The Kier molecular flexibility index (Phi) is 4.69.